The molecule has 2 rings (SSSR count). The number of carbonyl (C=O) groups excluding carboxylic acids is 1. The quantitative estimate of drug-likeness (QED) is 0.741. The number of likely N-dealkylation sites (tertiary alicyclic amines) is 1. The Morgan fingerprint density at radius 3 is 2.30 bits per heavy atom. The van der Waals surface area contributed by atoms with Gasteiger partial charge < -0.3 is 9.64 Å². The highest BCUT2D eigenvalue weighted by Gasteiger charge is 2.36. The highest BCUT2D eigenvalue weighted by Crippen LogP contribution is 2.38. The zero-order valence-corrected chi connectivity index (χ0v) is 18.5. The first-order chi connectivity index (χ1) is 12.5. The van der Waals surface area contributed by atoms with Crippen LogP contribution in [0.15, 0.2) is 0 Å². The molecule has 2 atom stereocenters. The number of ether oxygens (including phenoxy) is 1. The van der Waals surface area contributed by atoms with Crippen LogP contribution in [0.2, 0.25) is 0 Å². The highest BCUT2D eigenvalue weighted by molar-refractivity contribution is 7.89. The van der Waals surface area contributed by atoms with Gasteiger partial charge in [0.1, 0.15) is 0 Å². The Morgan fingerprint density at radius 2 is 1.78 bits per heavy atom. The van der Waals surface area contributed by atoms with Gasteiger partial charge in [-0.1, -0.05) is 20.8 Å². The van der Waals surface area contributed by atoms with Crippen LogP contribution in [-0.4, -0.2) is 56.3 Å². The first kappa shape index (κ1) is 22.6. The summed E-state index contributed by atoms with van der Waals surface area (Å²) >= 11 is 0. The van der Waals surface area contributed by atoms with E-state index in [9.17, 15) is 13.2 Å². The van der Waals surface area contributed by atoms with Crippen LogP contribution in [-0.2, 0) is 19.6 Å². The summed E-state index contributed by atoms with van der Waals surface area (Å²) in [6, 6.07) is -0.489. The third-order valence-corrected chi connectivity index (χ3v) is 7.72. The van der Waals surface area contributed by atoms with Gasteiger partial charge >= 0.3 is 0 Å². The van der Waals surface area contributed by atoms with Crippen molar-refractivity contribution < 1.29 is 17.9 Å². The molecular weight excluding hydrogens is 364 g/mol. The molecule has 0 radical (unpaired) electrons. The molecule has 0 bridgehead atoms. The van der Waals surface area contributed by atoms with Gasteiger partial charge in [-0.3, -0.25) is 4.79 Å². The van der Waals surface area contributed by atoms with Crippen LogP contribution < -0.4 is 4.72 Å². The number of nitrogens with one attached hydrogen (secondary N) is 1. The number of piperidine rings is 1. The van der Waals surface area contributed by atoms with E-state index in [1.54, 1.807) is 18.7 Å². The van der Waals surface area contributed by atoms with E-state index in [2.05, 4.69) is 25.5 Å². The van der Waals surface area contributed by atoms with Gasteiger partial charge in [0.25, 0.3) is 0 Å². The maximum absolute atomic E-state index is 12.1. The Balaban J connectivity index is 1.97. The molecule has 27 heavy (non-hydrogen) atoms. The lowest BCUT2D eigenvalue weighted by Crippen LogP contribution is -2.58. The van der Waals surface area contributed by atoms with Crippen LogP contribution in [0.25, 0.3) is 0 Å². The SMILES string of the molecule is CCS(=O)(=O)NC1CCCN(C(C)=O)C1CO[C@H]1CC[C@@H](C(C)(C)C)CC1. The topological polar surface area (TPSA) is 75.7 Å². The lowest BCUT2D eigenvalue weighted by atomic mass is 9.72. The normalized spacial score (nSPS) is 30.3. The number of amides is 1. The molecule has 2 unspecified atom stereocenters. The molecule has 2 aliphatic rings. The molecular formula is C20H38N2O4S. The van der Waals surface area contributed by atoms with Gasteiger partial charge in [0.2, 0.25) is 15.9 Å². The maximum Gasteiger partial charge on any atom is 0.219 e. The highest BCUT2D eigenvalue weighted by atomic mass is 32.2. The van der Waals surface area contributed by atoms with E-state index >= 15 is 0 Å². The van der Waals surface area contributed by atoms with E-state index in [1.807, 2.05) is 0 Å². The van der Waals surface area contributed by atoms with E-state index in [1.165, 1.54) is 12.8 Å². The molecule has 0 aromatic carbocycles. The molecule has 158 valence electrons. The average Bonchev–Trinajstić information content (AvgIpc) is 2.59. The van der Waals surface area contributed by atoms with Crippen molar-refractivity contribution in [3.05, 3.63) is 0 Å². The van der Waals surface area contributed by atoms with E-state index in [0.29, 0.717) is 18.6 Å². The fourth-order valence-electron chi connectivity index (χ4n) is 4.44. The van der Waals surface area contributed by atoms with Gasteiger partial charge in [-0.25, -0.2) is 13.1 Å². The zero-order valence-electron chi connectivity index (χ0n) is 17.7. The van der Waals surface area contributed by atoms with Gasteiger partial charge in [0, 0.05) is 19.5 Å². The molecule has 0 aromatic rings. The third kappa shape index (κ3) is 6.43. The Hall–Kier alpha value is -0.660. The minimum Gasteiger partial charge on any atom is -0.376 e. The first-order valence-electron chi connectivity index (χ1n) is 10.4. The standard InChI is InChI=1S/C20H38N2O4S/c1-6-27(24,25)21-18-8-7-13-22(15(2)23)19(18)14-26-17-11-9-16(10-12-17)20(3,4)5/h16-19,21H,6-14H2,1-5H3/t16-,17+,18?,19?. The zero-order chi connectivity index (χ0) is 20.2. The number of hydrogen-bond donors (Lipinski definition) is 1. The van der Waals surface area contributed by atoms with Crippen LogP contribution >= 0.6 is 0 Å². The van der Waals surface area contributed by atoms with Gasteiger partial charge in [-0.15, -0.1) is 0 Å². The van der Waals surface area contributed by atoms with Crippen LogP contribution in [0.1, 0.15) is 73.1 Å². The second-order valence-electron chi connectivity index (χ2n) is 9.22. The van der Waals surface area contributed by atoms with Crippen molar-refractivity contribution in [1.82, 2.24) is 9.62 Å². The number of carbonyl (C=O) groups is 1. The molecule has 0 spiro atoms. The Morgan fingerprint density at radius 1 is 1.15 bits per heavy atom. The molecule has 0 aromatic heterocycles. The van der Waals surface area contributed by atoms with Crippen molar-refractivity contribution in [2.45, 2.75) is 91.3 Å². The fraction of sp³-hybridized carbons (Fsp3) is 0.950. The summed E-state index contributed by atoms with van der Waals surface area (Å²) in [6.45, 7) is 11.2. The van der Waals surface area contributed by atoms with Crippen molar-refractivity contribution in [2.24, 2.45) is 11.3 Å². The molecule has 1 saturated heterocycles. The Labute approximate surface area is 165 Å². The minimum absolute atomic E-state index is 0.0135. The lowest BCUT2D eigenvalue weighted by molar-refractivity contribution is -0.136. The Bertz CT molecular complexity index is 592. The molecule has 1 N–H and O–H groups in total. The summed E-state index contributed by atoms with van der Waals surface area (Å²) in [7, 11) is -3.31. The Kier molecular flexibility index (Phi) is 7.73. The van der Waals surface area contributed by atoms with Crippen LogP contribution in [0.5, 0.6) is 0 Å². The van der Waals surface area contributed by atoms with Crippen LogP contribution in [0.3, 0.4) is 0 Å². The number of hydrogen-bond acceptors (Lipinski definition) is 4. The minimum atomic E-state index is -3.31. The van der Waals surface area contributed by atoms with Gasteiger partial charge in [-0.05, 0) is 56.8 Å². The summed E-state index contributed by atoms with van der Waals surface area (Å²) < 4.78 is 33.1. The van der Waals surface area contributed by atoms with E-state index < -0.39 is 10.0 Å². The molecule has 6 nitrogen and oxygen atoms in total. The number of nitrogens with zero attached hydrogens (tertiary/aromatic N) is 1. The summed E-state index contributed by atoms with van der Waals surface area (Å²) in [5.74, 6) is 0.763. The second-order valence-corrected chi connectivity index (χ2v) is 11.3. The molecule has 1 heterocycles. The maximum atomic E-state index is 12.1. The molecule has 2 fully saturated rings. The number of sulfonamides is 1. The van der Waals surface area contributed by atoms with Crippen LogP contribution in [0.4, 0.5) is 0 Å². The van der Waals surface area contributed by atoms with Crippen molar-refractivity contribution >= 4 is 15.9 Å². The van der Waals surface area contributed by atoms with E-state index in [0.717, 1.165) is 31.6 Å². The van der Waals surface area contributed by atoms with Crippen molar-refractivity contribution in [1.29, 1.82) is 0 Å². The van der Waals surface area contributed by atoms with Crippen molar-refractivity contribution in [3.8, 4) is 0 Å². The largest absolute Gasteiger partial charge is 0.376 e. The summed E-state index contributed by atoms with van der Waals surface area (Å²) in [5.41, 5.74) is 0.337. The monoisotopic (exact) mass is 402 g/mol. The van der Waals surface area contributed by atoms with Gasteiger partial charge in [0.15, 0.2) is 0 Å². The molecule has 1 aliphatic carbocycles. The van der Waals surface area contributed by atoms with Crippen LogP contribution in [0, 0.1) is 11.3 Å². The molecule has 1 aliphatic heterocycles. The first-order valence-corrected chi connectivity index (χ1v) is 12.1. The van der Waals surface area contributed by atoms with E-state index in [-0.39, 0.29) is 29.8 Å². The smallest absolute Gasteiger partial charge is 0.219 e. The van der Waals surface area contributed by atoms with Gasteiger partial charge in [0.05, 0.1) is 24.5 Å². The number of rotatable bonds is 6. The van der Waals surface area contributed by atoms with Gasteiger partial charge in [-0.2, -0.15) is 0 Å². The molecule has 7 heteroatoms. The summed E-state index contributed by atoms with van der Waals surface area (Å²) in [4.78, 5) is 13.9. The average molecular weight is 403 g/mol. The van der Waals surface area contributed by atoms with Crippen molar-refractivity contribution in [3.63, 3.8) is 0 Å². The fourth-order valence-corrected chi connectivity index (χ4v) is 5.34. The summed E-state index contributed by atoms with van der Waals surface area (Å²) in [6.07, 6.45) is 6.18. The molecule has 1 amide bonds. The van der Waals surface area contributed by atoms with Crippen molar-refractivity contribution in [2.75, 3.05) is 18.9 Å². The summed E-state index contributed by atoms with van der Waals surface area (Å²) in [5, 5.41) is 0. The molecule has 1 saturated carbocycles. The van der Waals surface area contributed by atoms with E-state index in [4.69, 9.17) is 4.74 Å². The lowest BCUT2D eigenvalue weighted by Gasteiger charge is -2.42. The predicted octanol–water partition coefficient (Wildman–Crippen LogP) is 2.93. The third-order valence-electron chi connectivity index (χ3n) is 6.30. The predicted molar refractivity (Wildman–Crippen MR) is 108 cm³/mol. The second kappa shape index (κ2) is 9.23.